The van der Waals surface area contributed by atoms with Crippen LogP contribution in [0.2, 0.25) is 0 Å². The predicted molar refractivity (Wildman–Crippen MR) is 76.4 cm³/mol. The van der Waals surface area contributed by atoms with Crippen molar-refractivity contribution in [3.63, 3.8) is 0 Å². The van der Waals surface area contributed by atoms with Gasteiger partial charge in [-0.05, 0) is 48.3 Å². The van der Waals surface area contributed by atoms with Crippen LogP contribution in [0.1, 0.15) is 30.9 Å². The smallest absolute Gasteiger partial charge is 0.162 e. The fourth-order valence-corrected chi connectivity index (χ4v) is 4.54. The molecule has 19 heavy (non-hydrogen) atoms. The number of fused-ring (bicyclic) bond motifs is 2. The molecule has 0 radical (unpaired) electrons. The van der Waals surface area contributed by atoms with Crippen molar-refractivity contribution in [3.8, 4) is 11.5 Å². The van der Waals surface area contributed by atoms with Crippen LogP contribution in [0.3, 0.4) is 0 Å². The number of rotatable bonds is 2. The molecular formula is C15H18BrNO2. The summed E-state index contributed by atoms with van der Waals surface area (Å²) in [4.78, 5) is 0. The van der Waals surface area contributed by atoms with E-state index in [-0.39, 0.29) is 6.04 Å². The van der Waals surface area contributed by atoms with Crippen LogP contribution in [0.5, 0.6) is 11.5 Å². The molecule has 2 N–H and O–H groups in total. The molecule has 1 aromatic carbocycles. The van der Waals surface area contributed by atoms with Gasteiger partial charge < -0.3 is 15.2 Å². The first kappa shape index (κ1) is 12.0. The molecule has 2 fully saturated rings. The van der Waals surface area contributed by atoms with Crippen molar-refractivity contribution >= 4 is 15.9 Å². The van der Waals surface area contributed by atoms with Gasteiger partial charge >= 0.3 is 0 Å². The number of benzene rings is 1. The van der Waals surface area contributed by atoms with Crippen LogP contribution in [-0.2, 0) is 0 Å². The lowest BCUT2D eigenvalue weighted by Crippen LogP contribution is -2.19. The third-order valence-electron chi connectivity index (χ3n) is 4.91. The maximum absolute atomic E-state index is 6.50. The highest BCUT2D eigenvalue weighted by molar-refractivity contribution is 9.10. The summed E-state index contributed by atoms with van der Waals surface area (Å²) >= 11 is 3.64. The Morgan fingerprint density at radius 2 is 1.74 bits per heavy atom. The zero-order chi connectivity index (χ0) is 13.0. The van der Waals surface area contributed by atoms with Crippen molar-refractivity contribution in [3.05, 3.63) is 22.2 Å². The predicted octanol–water partition coefficient (Wildman–Crippen LogP) is 3.27. The van der Waals surface area contributed by atoms with E-state index in [9.17, 15) is 0 Å². The maximum Gasteiger partial charge on any atom is 0.162 e. The van der Waals surface area contributed by atoms with Gasteiger partial charge in [0, 0.05) is 10.5 Å². The zero-order valence-corrected chi connectivity index (χ0v) is 12.4. The normalized spacial score (nSPS) is 32.8. The van der Waals surface area contributed by atoms with Crippen molar-refractivity contribution in [2.45, 2.75) is 25.3 Å². The second-order valence-electron chi connectivity index (χ2n) is 5.88. The van der Waals surface area contributed by atoms with Crippen molar-refractivity contribution in [1.29, 1.82) is 0 Å². The highest BCUT2D eigenvalue weighted by Gasteiger charge is 2.55. The molecule has 0 amide bonds. The molecule has 3 atom stereocenters. The highest BCUT2D eigenvalue weighted by atomic mass is 79.9. The molecule has 1 heterocycles. The molecule has 102 valence electrons. The van der Waals surface area contributed by atoms with E-state index >= 15 is 0 Å². The van der Waals surface area contributed by atoms with Crippen LogP contribution in [-0.4, -0.2) is 13.2 Å². The van der Waals surface area contributed by atoms with Gasteiger partial charge in [-0.25, -0.2) is 0 Å². The van der Waals surface area contributed by atoms with Crippen molar-refractivity contribution in [1.82, 2.24) is 0 Å². The first-order valence-electron chi connectivity index (χ1n) is 7.10. The standard InChI is InChI=1S/C15H18BrNO2/c16-11-7-13-12(18-4-5-19-13)6-10(11)15(17)14-8-2-1-3-9(8)14/h6-9,14-15H,1-5,17H2. The second kappa shape index (κ2) is 4.38. The summed E-state index contributed by atoms with van der Waals surface area (Å²) in [7, 11) is 0. The average Bonchev–Trinajstić information content (AvgIpc) is 2.90. The minimum Gasteiger partial charge on any atom is -0.486 e. The Morgan fingerprint density at radius 1 is 1.11 bits per heavy atom. The topological polar surface area (TPSA) is 44.5 Å². The van der Waals surface area contributed by atoms with Crippen LogP contribution in [0, 0.1) is 17.8 Å². The SMILES string of the molecule is NC(c1cc2c(cc1Br)OCCO2)C1C2CCCC21. The highest BCUT2D eigenvalue weighted by Crippen LogP contribution is 2.62. The lowest BCUT2D eigenvalue weighted by Gasteiger charge is -2.22. The monoisotopic (exact) mass is 323 g/mol. The van der Waals surface area contributed by atoms with E-state index in [0.29, 0.717) is 19.1 Å². The quantitative estimate of drug-likeness (QED) is 0.908. The maximum atomic E-state index is 6.50. The Morgan fingerprint density at radius 3 is 2.42 bits per heavy atom. The van der Waals surface area contributed by atoms with Gasteiger partial charge in [-0.2, -0.15) is 0 Å². The van der Waals surface area contributed by atoms with Crippen LogP contribution < -0.4 is 15.2 Å². The van der Waals surface area contributed by atoms with Crippen LogP contribution >= 0.6 is 15.9 Å². The largest absolute Gasteiger partial charge is 0.486 e. The van der Waals surface area contributed by atoms with Gasteiger partial charge in [0.2, 0.25) is 0 Å². The number of hydrogen-bond acceptors (Lipinski definition) is 3. The number of hydrogen-bond donors (Lipinski definition) is 1. The van der Waals surface area contributed by atoms with Gasteiger partial charge in [-0.15, -0.1) is 0 Å². The molecule has 0 bridgehead atoms. The van der Waals surface area contributed by atoms with Crippen molar-refractivity contribution in [2.75, 3.05) is 13.2 Å². The summed E-state index contributed by atoms with van der Waals surface area (Å²) in [6, 6.07) is 4.19. The molecule has 3 aliphatic rings. The number of nitrogens with two attached hydrogens (primary N) is 1. The summed E-state index contributed by atoms with van der Waals surface area (Å²) in [5.74, 6) is 4.08. The van der Waals surface area contributed by atoms with Gasteiger partial charge in [0.05, 0.1) is 0 Å². The lowest BCUT2D eigenvalue weighted by atomic mass is 9.97. The third kappa shape index (κ3) is 1.88. The van der Waals surface area contributed by atoms with Crippen LogP contribution in [0.4, 0.5) is 0 Å². The summed E-state index contributed by atoms with van der Waals surface area (Å²) < 4.78 is 12.3. The molecule has 4 heteroatoms. The second-order valence-corrected chi connectivity index (χ2v) is 6.73. The Bertz CT molecular complexity index is 509. The molecule has 1 aliphatic heterocycles. The third-order valence-corrected chi connectivity index (χ3v) is 5.59. The summed E-state index contributed by atoms with van der Waals surface area (Å²) in [5.41, 5.74) is 7.67. The molecular weight excluding hydrogens is 306 g/mol. The van der Waals surface area contributed by atoms with Gasteiger partial charge in [0.15, 0.2) is 11.5 Å². The van der Waals surface area contributed by atoms with Crippen LogP contribution in [0.15, 0.2) is 16.6 Å². The van der Waals surface area contributed by atoms with E-state index in [2.05, 4.69) is 22.0 Å². The Hall–Kier alpha value is -0.740. The van der Waals surface area contributed by atoms with Gasteiger partial charge in [0.25, 0.3) is 0 Å². The van der Waals surface area contributed by atoms with E-state index in [1.807, 2.05) is 6.07 Å². The molecule has 2 aliphatic carbocycles. The molecule has 1 aromatic rings. The molecule has 3 unspecified atom stereocenters. The first-order chi connectivity index (χ1) is 9.25. The summed E-state index contributed by atoms with van der Waals surface area (Å²) in [6.45, 7) is 1.25. The van der Waals surface area contributed by atoms with Gasteiger partial charge in [0.1, 0.15) is 13.2 Å². The Labute approximate surface area is 121 Å². The Kier molecular flexibility index (Phi) is 2.78. The minimum atomic E-state index is 0.125. The summed E-state index contributed by atoms with van der Waals surface area (Å²) in [5, 5.41) is 0. The number of ether oxygens (including phenoxy) is 2. The van der Waals surface area contributed by atoms with E-state index < -0.39 is 0 Å². The van der Waals surface area contributed by atoms with Crippen molar-refractivity contribution < 1.29 is 9.47 Å². The average molecular weight is 324 g/mol. The lowest BCUT2D eigenvalue weighted by molar-refractivity contribution is 0.171. The Balaban J connectivity index is 1.63. The number of halogens is 1. The minimum absolute atomic E-state index is 0.125. The summed E-state index contributed by atoms with van der Waals surface area (Å²) in [6.07, 6.45) is 4.12. The zero-order valence-electron chi connectivity index (χ0n) is 10.8. The van der Waals surface area contributed by atoms with E-state index in [1.165, 1.54) is 24.8 Å². The van der Waals surface area contributed by atoms with E-state index in [0.717, 1.165) is 27.8 Å². The fraction of sp³-hybridized carbons (Fsp3) is 0.600. The molecule has 2 saturated carbocycles. The van der Waals surface area contributed by atoms with Gasteiger partial charge in [-0.1, -0.05) is 22.4 Å². The molecule has 3 nitrogen and oxygen atoms in total. The fourth-order valence-electron chi connectivity index (χ4n) is 3.95. The van der Waals surface area contributed by atoms with Crippen molar-refractivity contribution in [2.24, 2.45) is 23.5 Å². The molecule has 4 rings (SSSR count). The van der Waals surface area contributed by atoms with E-state index in [4.69, 9.17) is 15.2 Å². The molecule has 0 aromatic heterocycles. The molecule has 0 saturated heterocycles. The molecule has 0 spiro atoms. The first-order valence-corrected chi connectivity index (χ1v) is 7.89. The van der Waals surface area contributed by atoms with Gasteiger partial charge in [-0.3, -0.25) is 0 Å². The van der Waals surface area contributed by atoms with Crippen LogP contribution in [0.25, 0.3) is 0 Å². The van der Waals surface area contributed by atoms with E-state index in [1.54, 1.807) is 0 Å².